The van der Waals surface area contributed by atoms with Crippen LogP contribution in [0.2, 0.25) is 0 Å². The molecule has 0 aliphatic heterocycles. The molecule has 2 heterocycles. The molecule has 0 spiro atoms. The van der Waals surface area contributed by atoms with Crippen molar-refractivity contribution >= 4 is 49.2 Å². The van der Waals surface area contributed by atoms with Crippen LogP contribution in [0.25, 0.3) is 21.7 Å². The molecule has 4 nitrogen and oxygen atoms in total. The van der Waals surface area contributed by atoms with E-state index in [0.29, 0.717) is 21.3 Å². The maximum Gasteiger partial charge on any atom is 0.263 e. The average molecular weight is 403 g/mol. The average Bonchev–Trinajstić information content (AvgIpc) is 2.94. The fourth-order valence-electron chi connectivity index (χ4n) is 2.80. The number of benzene rings is 2. The molecule has 7 heteroatoms. The summed E-state index contributed by atoms with van der Waals surface area (Å²) in [4.78, 5) is 8.67. The number of hydrogen-bond acceptors (Lipinski definition) is 3. The SMILES string of the molecule is Cn1cc2ccc(Nc3ncc4cc(C(F)F)cc(Br)c4n3)cc2c1. The molecule has 25 heavy (non-hydrogen) atoms. The monoisotopic (exact) mass is 402 g/mol. The van der Waals surface area contributed by atoms with Crippen LogP contribution in [0, 0.1) is 0 Å². The highest BCUT2D eigenvalue weighted by Gasteiger charge is 2.12. The number of nitrogens with one attached hydrogen (secondary N) is 1. The quantitative estimate of drug-likeness (QED) is 0.487. The first-order chi connectivity index (χ1) is 12.0. The van der Waals surface area contributed by atoms with Crippen LogP contribution in [-0.4, -0.2) is 14.5 Å². The number of alkyl halides is 2. The summed E-state index contributed by atoms with van der Waals surface area (Å²) in [6.07, 6.45) is 3.09. The lowest BCUT2D eigenvalue weighted by molar-refractivity contribution is 0.151. The normalized spacial score (nSPS) is 11.6. The molecule has 1 N–H and O–H groups in total. The largest absolute Gasteiger partial charge is 0.356 e. The molecule has 4 rings (SSSR count). The first-order valence-electron chi connectivity index (χ1n) is 7.57. The van der Waals surface area contributed by atoms with Crippen molar-refractivity contribution in [3.8, 4) is 0 Å². The molecule has 0 amide bonds. The fourth-order valence-corrected chi connectivity index (χ4v) is 3.38. The number of rotatable bonds is 3. The first-order valence-corrected chi connectivity index (χ1v) is 8.36. The smallest absolute Gasteiger partial charge is 0.263 e. The summed E-state index contributed by atoms with van der Waals surface area (Å²) in [5, 5.41) is 5.98. The number of halogens is 3. The van der Waals surface area contributed by atoms with Gasteiger partial charge in [0.15, 0.2) is 0 Å². The van der Waals surface area contributed by atoms with Gasteiger partial charge in [-0.25, -0.2) is 18.7 Å². The third kappa shape index (κ3) is 3.07. The van der Waals surface area contributed by atoms with E-state index in [0.717, 1.165) is 16.5 Å². The lowest BCUT2D eigenvalue weighted by Crippen LogP contribution is -1.98. The topological polar surface area (TPSA) is 42.7 Å². The molecule has 2 aromatic heterocycles. The van der Waals surface area contributed by atoms with Crippen LogP contribution in [0.4, 0.5) is 20.4 Å². The summed E-state index contributed by atoms with van der Waals surface area (Å²) in [5.74, 6) is 0.410. The Bertz CT molecular complexity index is 1090. The predicted octanol–water partition coefficient (Wildman–Crippen LogP) is 5.57. The summed E-state index contributed by atoms with van der Waals surface area (Å²) in [7, 11) is 1.98. The van der Waals surface area contributed by atoms with Crippen LogP contribution in [-0.2, 0) is 7.05 Å². The zero-order valence-electron chi connectivity index (χ0n) is 13.2. The Morgan fingerprint density at radius 1 is 1.08 bits per heavy atom. The molecule has 0 saturated carbocycles. The van der Waals surface area contributed by atoms with Crippen molar-refractivity contribution in [1.82, 2.24) is 14.5 Å². The molecule has 0 aliphatic carbocycles. The minimum Gasteiger partial charge on any atom is -0.356 e. The van der Waals surface area contributed by atoms with Crippen molar-refractivity contribution in [2.75, 3.05) is 5.32 Å². The van der Waals surface area contributed by atoms with Crippen LogP contribution in [0.15, 0.2) is 53.4 Å². The highest BCUT2D eigenvalue weighted by atomic mass is 79.9. The summed E-state index contributed by atoms with van der Waals surface area (Å²) in [6, 6.07) is 8.77. The van der Waals surface area contributed by atoms with Gasteiger partial charge in [-0.15, -0.1) is 0 Å². The summed E-state index contributed by atoms with van der Waals surface area (Å²) in [5.41, 5.74) is 1.39. The van der Waals surface area contributed by atoms with Gasteiger partial charge in [-0.2, -0.15) is 0 Å². The van der Waals surface area contributed by atoms with Gasteiger partial charge in [-0.3, -0.25) is 0 Å². The molecular weight excluding hydrogens is 390 g/mol. The molecule has 2 aromatic carbocycles. The van der Waals surface area contributed by atoms with Crippen molar-refractivity contribution in [2.45, 2.75) is 6.43 Å². The Kier molecular flexibility index (Phi) is 3.88. The van der Waals surface area contributed by atoms with Gasteiger partial charge in [0.1, 0.15) is 0 Å². The van der Waals surface area contributed by atoms with E-state index in [2.05, 4.69) is 31.2 Å². The van der Waals surface area contributed by atoms with Gasteiger partial charge in [0.25, 0.3) is 6.43 Å². The number of fused-ring (bicyclic) bond motifs is 2. The Balaban J connectivity index is 1.70. The Morgan fingerprint density at radius 2 is 1.88 bits per heavy atom. The number of nitrogens with zero attached hydrogens (tertiary/aromatic N) is 3. The highest BCUT2D eigenvalue weighted by molar-refractivity contribution is 9.10. The van der Waals surface area contributed by atoms with Crippen molar-refractivity contribution < 1.29 is 8.78 Å². The number of anilines is 2. The maximum absolute atomic E-state index is 12.9. The van der Waals surface area contributed by atoms with Gasteiger partial charge in [-0.05, 0) is 45.6 Å². The van der Waals surface area contributed by atoms with E-state index in [1.807, 2.05) is 42.2 Å². The Labute approximate surface area is 150 Å². The van der Waals surface area contributed by atoms with E-state index in [9.17, 15) is 8.78 Å². The minimum absolute atomic E-state index is 0.0572. The van der Waals surface area contributed by atoms with Crippen molar-refractivity contribution in [1.29, 1.82) is 0 Å². The minimum atomic E-state index is -2.53. The van der Waals surface area contributed by atoms with Gasteiger partial charge < -0.3 is 9.88 Å². The predicted molar refractivity (Wildman–Crippen MR) is 98.4 cm³/mol. The molecule has 0 atom stereocenters. The van der Waals surface area contributed by atoms with E-state index < -0.39 is 6.43 Å². The number of aryl methyl sites for hydroxylation is 1. The molecule has 0 radical (unpaired) electrons. The first kappa shape index (κ1) is 16.0. The van der Waals surface area contributed by atoms with Crippen LogP contribution < -0.4 is 5.32 Å². The summed E-state index contributed by atoms with van der Waals surface area (Å²) < 4.78 is 28.3. The second-order valence-electron chi connectivity index (χ2n) is 5.83. The van der Waals surface area contributed by atoms with E-state index >= 15 is 0 Å². The lowest BCUT2D eigenvalue weighted by Gasteiger charge is -2.08. The molecule has 0 saturated heterocycles. The molecule has 0 fully saturated rings. The van der Waals surface area contributed by atoms with Crippen LogP contribution in [0.3, 0.4) is 0 Å². The van der Waals surface area contributed by atoms with Gasteiger partial charge >= 0.3 is 0 Å². The maximum atomic E-state index is 12.9. The fraction of sp³-hybridized carbons (Fsp3) is 0.111. The standard InChI is InChI=1S/C18H13BrF2N4/c1-25-8-10-2-3-14(5-13(10)9-25)23-18-22-7-12-4-11(17(20)21)6-15(19)16(12)24-18/h2-9,17H,1H3,(H,22,23,24). The van der Waals surface area contributed by atoms with E-state index in [1.54, 1.807) is 6.20 Å². The molecule has 126 valence electrons. The molecule has 0 unspecified atom stereocenters. The summed E-state index contributed by atoms with van der Waals surface area (Å²) in [6.45, 7) is 0. The number of hydrogen-bond donors (Lipinski definition) is 1. The van der Waals surface area contributed by atoms with Gasteiger partial charge in [-0.1, -0.05) is 6.07 Å². The van der Waals surface area contributed by atoms with Gasteiger partial charge in [0.05, 0.1) is 5.52 Å². The van der Waals surface area contributed by atoms with Gasteiger partial charge in [0.2, 0.25) is 5.95 Å². The van der Waals surface area contributed by atoms with E-state index in [-0.39, 0.29) is 5.56 Å². The van der Waals surface area contributed by atoms with Crippen LogP contribution in [0.1, 0.15) is 12.0 Å². The van der Waals surface area contributed by atoms with Crippen molar-refractivity contribution in [2.24, 2.45) is 7.05 Å². The highest BCUT2D eigenvalue weighted by Crippen LogP contribution is 2.30. The van der Waals surface area contributed by atoms with E-state index in [4.69, 9.17) is 0 Å². The molecule has 4 aromatic rings. The zero-order valence-corrected chi connectivity index (χ0v) is 14.8. The van der Waals surface area contributed by atoms with Gasteiger partial charge in [0, 0.05) is 52.1 Å². The second-order valence-corrected chi connectivity index (χ2v) is 6.68. The van der Waals surface area contributed by atoms with E-state index in [1.165, 1.54) is 12.1 Å². The van der Waals surface area contributed by atoms with Crippen LogP contribution in [0.5, 0.6) is 0 Å². The third-order valence-corrected chi connectivity index (χ3v) is 4.54. The molecule has 0 bridgehead atoms. The third-order valence-electron chi connectivity index (χ3n) is 3.94. The Morgan fingerprint density at radius 3 is 2.68 bits per heavy atom. The lowest BCUT2D eigenvalue weighted by atomic mass is 10.1. The number of aromatic nitrogens is 3. The second kappa shape index (κ2) is 6.07. The van der Waals surface area contributed by atoms with Crippen molar-refractivity contribution in [3.05, 3.63) is 59.0 Å². The molecular formula is C18H13BrF2N4. The zero-order chi connectivity index (χ0) is 17.6. The summed E-state index contributed by atoms with van der Waals surface area (Å²) >= 11 is 3.32. The molecule has 0 aliphatic rings. The van der Waals surface area contributed by atoms with Crippen molar-refractivity contribution in [3.63, 3.8) is 0 Å². The Hall–Kier alpha value is -2.54. The van der Waals surface area contributed by atoms with Crippen LogP contribution >= 0.6 is 15.9 Å².